The maximum Gasteiger partial charge on any atom is 0.122 e. The summed E-state index contributed by atoms with van der Waals surface area (Å²) in [5.74, 6) is 0.711. The van der Waals surface area contributed by atoms with Crippen molar-refractivity contribution in [2.24, 2.45) is 0 Å². The fourth-order valence-electron chi connectivity index (χ4n) is 1.95. The zero-order valence-corrected chi connectivity index (χ0v) is 10.9. The number of aromatic nitrogens is 2. The van der Waals surface area contributed by atoms with E-state index in [4.69, 9.17) is 23.8 Å². The molecule has 0 amide bonds. The van der Waals surface area contributed by atoms with E-state index in [2.05, 4.69) is 11.2 Å². The Morgan fingerprint density at radius 3 is 2.65 bits per heavy atom. The van der Waals surface area contributed by atoms with E-state index in [1.54, 1.807) is 0 Å². The molecular weight excluding hydrogens is 252 g/mol. The summed E-state index contributed by atoms with van der Waals surface area (Å²) in [5.41, 5.74) is 2.48. The number of nitrogens with one attached hydrogen (secondary N) is 1. The topological polar surface area (TPSA) is 20.7 Å². The summed E-state index contributed by atoms with van der Waals surface area (Å²) in [4.78, 5) is 0. The minimum atomic E-state index is 0.711. The number of H-pyrrole nitrogens is 1. The molecule has 0 aliphatic heterocycles. The van der Waals surface area contributed by atoms with Gasteiger partial charge in [-0.1, -0.05) is 36.0 Å². The van der Waals surface area contributed by atoms with Gasteiger partial charge in [-0.05, 0) is 36.6 Å². The lowest BCUT2D eigenvalue weighted by molar-refractivity contribution is 0.664. The highest BCUT2D eigenvalue weighted by atomic mass is 35.5. The Hall–Kier alpha value is -1.06. The van der Waals surface area contributed by atoms with E-state index in [1.807, 2.05) is 28.9 Å². The highest BCUT2D eigenvalue weighted by Crippen LogP contribution is 2.39. The summed E-state index contributed by atoms with van der Waals surface area (Å²) >= 11 is 11.2. The maximum absolute atomic E-state index is 5.86. The molecule has 1 saturated carbocycles. The largest absolute Gasteiger partial charge is 0.301 e. The first-order chi connectivity index (χ1) is 8.22. The minimum absolute atomic E-state index is 0.711. The van der Waals surface area contributed by atoms with Crippen molar-refractivity contribution in [3.8, 4) is 0 Å². The molecule has 1 heterocycles. The van der Waals surface area contributed by atoms with Crippen LogP contribution in [0.2, 0.25) is 5.02 Å². The van der Waals surface area contributed by atoms with E-state index >= 15 is 0 Å². The molecule has 1 aliphatic carbocycles. The van der Waals surface area contributed by atoms with Crippen LogP contribution in [0.1, 0.15) is 30.0 Å². The molecule has 1 aromatic carbocycles. The van der Waals surface area contributed by atoms with Gasteiger partial charge in [-0.15, -0.1) is 0 Å². The normalized spacial score (nSPS) is 15.1. The average molecular weight is 265 g/mol. The van der Waals surface area contributed by atoms with E-state index in [0.717, 1.165) is 16.2 Å². The Morgan fingerprint density at radius 1 is 1.29 bits per heavy atom. The molecular formula is C13H13ClN2S. The van der Waals surface area contributed by atoms with Crippen LogP contribution in [-0.4, -0.2) is 9.78 Å². The first-order valence-electron chi connectivity index (χ1n) is 5.76. The van der Waals surface area contributed by atoms with Crippen molar-refractivity contribution in [2.75, 3.05) is 0 Å². The molecule has 17 heavy (non-hydrogen) atoms. The third-order valence-electron chi connectivity index (χ3n) is 3.08. The molecule has 1 aromatic heterocycles. The molecule has 0 atom stereocenters. The predicted octanol–water partition coefficient (Wildman–Crippen LogP) is 4.12. The highest BCUT2D eigenvalue weighted by molar-refractivity contribution is 7.71. The monoisotopic (exact) mass is 264 g/mol. The molecule has 88 valence electrons. The van der Waals surface area contributed by atoms with Crippen LogP contribution >= 0.6 is 23.8 Å². The fourth-order valence-corrected chi connectivity index (χ4v) is 2.31. The summed E-state index contributed by atoms with van der Waals surface area (Å²) in [7, 11) is 0. The van der Waals surface area contributed by atoms with Gasteiger partial charge in [0.15, 0.2) is 0 Å². The molecule has 0 unspecified atom stereocenters. The van der Waals surface area contributed by atoms with Crippen molar-refractivity contribution in [2.45, 2.75) is 25.3 Å². The van der Waals surface area contributed by atoms with Gasteiger partial charge in [-0.2, -0.15) is 0 Å². The molecule has 0 saturated heterocycles. The van der Waals surface area contributed by atoms with Crippen LogP contribution in [0.3, 0.4) is 0 Å². The Morgan fingerprint density at radius 2 is 2.00 bits per heavy atom. The molecule has 1 fully saturated rings. The van der Waals surface area contributed by atoms with Gasteiger partial charge in [0.1, 0.15) is 4.64 Å². The Kier molecular flexibility index (Phi) is 2.81. The smallest absolute Gasteiger partial charge is 0.122 e. The summed E-state index contributed by atoms with van der Waals surface area (Å²) in [5, 5.41) is 4.15. The second-order valence-electron chi connectivity index (χ2n) is 4.54. The fraction of sp³-hybridized carbons (Fsp3) is 0.308. The lowest BCUT2D eigenvalue weighted by Gasteiger charge is -2.03. The Labute approximate surface area is 110 Å². The zero-order chi connectivity index (χ0) is 11.8. The van der Waals surface area contributed by atoms with Gasteiger partial charge >= 0.3 is 0 Å². The number of benzene rings is 1. The second kappa shape index (κ2) is 4.31. The number of aromatic amines is 1. The summed E-state index contributed by atoms with van der Waals surface area (Å²) in [6.45, 7) is 0.780. The van der Waals surface area contributed by atoms with Crippen LogP contribution in [0.15, 0.2) is 30.3 Å². The van der Waals surface area contributed by atoms with Crippen LogP contribution in [0.4, 0.5) is 0 Å². The zero-order valence-electron chi connectivity index (χ0n) is 9.32. The Bertz CT molecular complexity index is 578. The van der Waals surface area contributed by atoms with Gasteiger partial charge in [-0.3, -0.25) is 4.68 Å². The van der Waals surface area contributed by atoms with Gasteiger partial charge in [0.05, 0.1) is 6.54 Å². The van der Waals surface area contributed by atoms with Crippen LogP contribution in [0.5, 0.6) is 0 Å². The van der Waals surface area contributed by atoms with E-state index < -0.39 is 0 Å². The van der Waals surface area contributed by atoms with Gasteiger partial charge in [-0.25, -0.2) is 0 Å². The van der Waals surface area contributed by atoms with Crippen LogP contribution < -0.4 is 0 Å². The molecule has 2 aromatic rings. The van der Waals surface area contributed by atoms with E-state index in [9.17, 15) is 0 Å². The van der Waals surface area contributed by atoms with Gasteiger partial charge in [0.2, 0.25) is 0 Å². The van der Waals surface area contributed by atoms with Crippen LogP contribution in [0, 0.1) is 4.64 Å². The minimum Gasteiger partial charge on any atom is -0.301 e. The molecule has 0 radical (unpaired) electrons. The third-order valence-corrected chi connectivity index (χ3v) is 3.67. The standard InChI is InChI=1S/C13H13ClN2S/c14-11-5-1-9(2-6-11)8-16-13(17)7-12(15-16)10-3-4-10/h1-2,5-7,10,15H,3-4,8H2. The highest BCUT2D eigenvalue weighted by Gasteiger charge is 2.25. The van der Waals surface area contributed by atoms with Crippen molar-refractivity contribution >= 4 is 23.8 Å². The van der Waals surface area contributed by atoms with E-state index in [-0.39, 0.29) is 0 Å². The first kappa shape index (κ1) is 11.1. The molecule has 0 bridgehead atoms. The molecule has 3 rings (SSSR count). The van der Waals surface area contributed by atoms with Gasteiger partial charge in [0, 0.05) is 16.6 Å². The van der Waals surface area contributed by atoms with Gasteiger partial charge in [0.25, 0.3) is 0 Å². The summed E-state index contributed by atoms with van der Waals surface area (Å²) < 4.78 is 2.90. The number of rotatable bonds is 3. The number of nitrogens with zero attached hydrogens (tertiary/aromatic N) is 1. The van der Waals surface area contributed by atoms with E-state index in [0.29, 0.717) is 5.92 Å². The number of halogens is 1. The average Bonchev–Trinajstić information content (AvgIpc) is 3.09. The molecule has 2 nitrogen and oxygen atoms in total. The lowest BCUT2D eigenvalue weighted by Crippen LogP contribution is -2.02. The molecule has 4 heteroatoms. The van der Waals surface area contributed by atoms with Crippen molar-refractivity contribution < 1.29 is 0 Å². The van der Waals surface area contributed by atoms with E-state index in [1.165, 1.54) is 24.1 Å². The van der Waals surface area contributed by atoms with Crippen LogP contribution in [0.25, 0.3) is 0 Å². The van der Waals surface area contributed by atoms with Crippen LogP contribution in [-0.2, 0) is 6.54 Å². The number of hydrogen-bond acceptors (Lipinski definition) is 1. The Balaban J connectivity index is 1.84. The van der Waals surface area contributed by atoms with Crippen molar-refractivity contribution in [3.63, 3.8) is 0 Å². The lowest BCUT2D eigenvalue weighted by atomic mass is 10.2. The molecule has 1 N–H and O–H groups in total. The molecule has 0 spiro atoms. The number of hydrogen-bond donors (Lipinski definition) is 1. The quantitative estimate of drug-likeness (QED) is 0.827. The SMILES string of the molecule is S=c1cc(C2CC2)[nH]n1Cc1ccc(Cl)cc1. The maximum atomic E-state index is 5.86. The predicted molar refractivity (Wildman–Crippen MR) is 72.1 cm³/mol. The van der Waals surface area contributed by atoms with Gasteiger partial charge < -0.3 is 5.10 Å². The van der Waals surface area contributed by atoms with Crippen molar-refractivity contribution in [3.05, 3.63) is 51.3 Å². The summed E-state index contributed by atoms with van der Waals surface area (Å²) in [6, 6.07) is 9.96. The second-order valence-corrected chi connectivity index (χ2v) is 5.39. The van der Waals surface area contributed by atoms with Crippen molar-refractivity contribution in [1.82, 2.24) is 9.78 Å². The van der Waals surface area contributed by atoms with Crippen molar-refractivity contribution in [1.29, 1.82) is 0 Å². The first-order valence-corrected chi connectivity index (χ1v) is 6.55. The third kappa shape index (κ3) is 2.45. The molecule has 1 aliphatic rings. The summed E-state index contributed by atoms with van der Waals surface area (Å²) in [6.07, 6.45) is 2.58.